The molecule has 1 aromatic heterocycles. The van der Waals surface area contributed by atoms with E-state index in [1.807, 2.05) is 47.4 Å². The quantitative estimate of drug-likeness (QED) is 0.290. The van der Waals surface area contributed by atoms with Crippen molar-refractivity contribution in [3.05, 3.63) is 88.7 Å². The van der Waals surface area contributed by atoms with E-state index in [-0.39, 0.29) is 11.8 Å². The Bertz CT molecular complexity index is 1360. The number of halogens is 1. The van der Waals surface area contributed by atoms with E-state index in [1.54, 1.807) is 0 Å². The number of anilines is 1. The first-order valence-electron chi connectivity index (χ1n) is 12.1. The van der Waals surface area contributed by atoms with Crippen molar-refractivity contribution in [2.75, 3.05) is 18.1 Å². The van der Waals surface area contributed by atoms with Crippen LogP contribution in [0.1, 0.15) is 49.1 Å². The van der Waals surface area contributed by atoms with Gasteiger partial charge in [0, 0.05) is 29.6 Å². The number of rotatable bonds is 7. The lowest BCUT2D eigenvalue weighted by atomic mass is 10.0. The Labute approximate surface area is 211 Å². The molecule has 1 saturated heterocycles. The fourth-order valence-electron chi connectivity index (χ4n) is 4.88. The van der Waals surface area contributed by atoms with Crippen LogP contribution in [0.2, 0.25) is 5.02 Å². The summed E-state index contributed by atoms with van der Waals surface area (Å²) >= 11 is 6.04. The number of hydrogen-bond donors (Lipinski definition) is 0. The second kappa shape index (κ2) is 9.74. The van der Waals surface area contributed by atoms with Gasteiger partial charge >= 0.3 is 0 Å². The highest BCUT2D eigenvalue weighted by Gasteiger charge is 2.34. The number of amides is 1. The van der Waals surface area contributed by atoms with Gasteiger partial charge in [0.05, 0.1) is 17.6 Å². The highest BCUT2D eigenvalue weighted by atomic mass is 35.5. The van der Waals surface area contributed by atoms with E-state index >= 15 is 0 Å². The van der Waals surface area contributed by atoms with E-state index in [2.05, 4.69) is 49.6 Å². The molecule has 1 amide bonds. The summed E-state index contributed by atoms with van der Waals surface area (Å²) < 4.78 is 8.53. The molecule has 0 N–H and O–H groups in total. The number of fused-ring (bicyclic) bond motifs is 1. The van der Waals surface area contributed by atoms with Crippen LogP contribution in [0.25, 0.3) is 11.0 Å². The largest absolute Gasteiger partial charge is 0.491 e. The summed E-state index contributed by atoms with van der Waals surface area (Å²) in [4.78, 5) is 19.7. The number of benzene rings is 3. The molecule has 0 aliphatic carbocycles. The fourth-order valence-corrected chi connectivity index (χ4v) is 5.01. The summed E-state index contributed by atoms with van der Waals surface area (Å²) in [6.07, 6.45) is 0.433. The van der Waals surface area contributed by atoms with Crippen molar-refractivity contribution in [1.29, 1.82) is 0 Å². The molecule has 0 spiro atoms. The van der Waals surface area contributed by atoms with Crippen molar-refractivity contribution in [3.63, 3.8) is 0 Å². The number of carbonyl (C=O) groups is 1. The van der Waals surface area contributed by atoms with E-state index < -0.39 is 0 Å². The summed E-state index contributed by atoms with van der Waals surface area (Å²) in [5, 5.41) is 0.660. The van der Waals surface area contributed by atoms with Crippen LogP contribution in [0.15, 0.2) is 66.7 Å². The van der Waals surface area contributed by atoms with Crippen LogP contribution in [0.4, 0.5) is 5.69 Å². The molecular formula is C29H30ClN3O2. The second-order valence-corrected chi connectivity index (χ2v) is 9.97. The van der Waals surface area contributed by atoms with Crippen molar-refractivity contribution in [2.45, 2.75) is 45.6 Å². The van der Waals surface area contributed by atoms with E-state index in [0.717, 1.165) is 28.3 Å². The van der Waals surface area contributed by atoms with Gasteiger partial charge in [-0.15, -0.1) is 0 Å². The third kappa shape index (κ3) is 4.78. The predicted molar refractivity (Wildman–Crippen MR) is 142 cm³/mol. The molecule has 1 fully saturated rings. The highest BCUT2D eigenvalue weighted by Crippen LogP contribution is 2.34. The van der Waals surface area contributed by atoms with Crippen molar-refractivity contribution in [1.82, 2.24) is 9.55 Å². The van der Waals surface area contributed by atoms with Crippen LogP contribution in [0, 0.1) is 6.92 Å². The summed E-state index contributed by atoms with van der Waals surface area (Å²) in [6, 6.07) is 22.0. The number of aryl methyl sites for hydroxylation is 1. The molecule has 6 heteroatoms. The van der Waals surface area contributed by atoms with Crippen LogP contribution in [0.5, 0.6) is 5.75 Å². The maximum Gasteiger partial charge on any atom is 0.227 e. The predicted octanol–water partition coefficient (Wildman–Crippen LogP) is 6.72. The van der Waals surface area contributed by atoms with Crippen molar-refractivity contribution >= 4 is 34.2 Å². The Hall–Kier alpha value is -3.31. The van der Waals surface area contributed by atoms with Gasteiger partial charge in [-0.1, -0.05) is 49.7 Å². The molecule has 4 aromatic rings. The Kier molecular flexibility index (Phi) is 6.52. The third-order valence-electron chi connectivity index (χ3n) is 6.68. The number of para-hydroxylation sites is 2. The van der Waals surface area contributed by atoms with E-state index in [1.165, 1.54) is 11.1 Å². The molecule has 1 atom stereocenters. The first-order valence-corrected chi connectivity index (χ1v) is 12.5. The molecule has 5 rings (SSSR count). The highest BCUT2D eigenvalue weighted by molar-refractivity contribution is 6.30. The minimum absolute atomic E-state index is 0.00997. The van der Waals surface area contributed by atoms with Crippen LogP contribution in [0.3, 0.4) is 0 Å². The fraction of sp³-hybridized carbons (Fsp3) is 0.310. The van der Waals surface area contributed by atoms with E-state index in [9.17, 15) is 4.79 Å². The average molecular weight is 488 g/mol. The Morgan fingerprint density at radius 3 is 2.63 bits per heavy atom. The second-order valence-electron chi connectivity index (χ2n) is 9.54. The van der Waals surface area contributed by atoms with Crippen LogP contribution >= 0.6 is 11.6 Å². The molecule has 0 saturated carbocycles. The van der Waals surface area contributed by atoms with Crippen molar-refractivity contribution in [3.8, 4) is 5.75 Å². The molecule has 2 heterocycles. The van der Waals surface area contributed by atoms with Gasteiger partial charge in [0.2, 0.25) is 5.91 Å². The Morgan fingerprint density at radius 1 is 1.09 bits per heavy atom. The standard InChI is InChI=1S/C29H30ClN3O2/c1-19(2)24-13-8-20(3)16-27(24)35-15-14-32-26-7-5-4-6-25(26)31-29(32)21-17-28(34)33(18-21)23-11-9-22(30)10-12-23/h4-13,16,19,21H,14-15,17-18H2,1-3H3. The third-order valence-corrected chi connectivity index (χ3v) is 6.93. The van der Waals surface area contributed by atoms with Crippen molar-refractivity contribution in [2.24, 2.45) is 0 Å². The summed E-state index contributed by atoms with van der Waals surface area (Å²) in [6.45, 7) is 8.23. The Morgan fingerprint density at radius 2 is 1.86 bits per heavy atom. The molecular weight excluding hydrogens is 458 g/mol. The number of carbonyl (C=O) groups excluding carboxylic acids is 1. The van der Waals surface area contributed by atoms with E-state index in [0.29, 0.717) is 37.1 Å². The monoisotopic (exact) mass is 487 g/mol. The smallest absolute Gasteiger partial charge is 0.227 e. The van der Waals surface area contributed by atoms with Gasteiger partial charge < -0.3 is 14.2 Å². The van der Waals surface area contributed by atoms with Gasteiger partial charge in [-0.2, -0.15) is 0 Å². The van der Waals surface area contributed by atoms with Gasteiger partial charge in [-0.25, -0.2) is 4.98 Å². The van der Waals surface area contributed by atoms with Crippen molar-refractivity contribution < 1.29 is 9.53 Å². The summed E-state index contributed by atoms with van der Waals surface area (Å²) in [5.74, 6) is 2.38. The molecule has 1 aliphatic rings. The molecule has 5 nitrogen and oxygen atoms in total. The number of ether oxygens (including phenoxy) is 1. The van der Waals surface area contributed by atoms with Gasteiger partial charge in [0.15, 0.2) is 0 Å². The normalized spacial score (nSPS) is 16.0. The topological polar surface area (TPSA) is 47.4 Å². The number of imidazole rings is 1. The molecule has 180 valence electrons. The van der Waals surface area contributed by atoms with Gasteiger partial charge in [-0.3, -0.25) is 4.79 Å². The maximum atomic E-state index is 12.9. The lowest BCUT2D eigenvalue weighted by Crippen LogP contribution is -2.24. The number of nitrogens with zero attached hydrogens (tertiary/aromatic N) is 3. The van der Waals surface area contributed by atoms with Crippen LogP contribution in [-0.4, -0.2) is 28.6 Å². The minimum Gasteiger partial charge on any atom is -0.491 e. The van der Waals surface area contributed by atoms with Crippen LogP contribution in [-0.2, 0) is 11.3 Å². The minimum atomic E-state index is 0.00997. The number of hydrogen-bond acceptors (Lipinski definition) is 3. The zero-order valence-electron chi connectivity index (χ0n) is 20.4. The zero-order chi connectivity index (χ0) is 24.5. The molecule has 0 radical (unpaired) electrons. The molecule has 0 bridgehead atoms. The molecule has 35 heavy (non-hydrogen) atoms. The maximum absolute atomic E-state index is 12.9. The lowest BCUT2D eigenvalue weighted by Gasteiger charge is -2.18. The Balaban J connectivity index is 1.40. The molecule has 3 aromatic carbocycles. The first kappa shape index (κ1) is 23.4. The average Bonchev–Trinajstić information content (AvgIpc) is 3.40. The lowest BCUT2D eigenvalue weighted by molar-refractivity contribution is -0.117. The molecule has 1 aliphatic heterocycles. The SMILES string of the molecule is Cc1ccc(C(C)C)c(OCCn2c(C3CC(=O)N(c4ccc(Cl)cc4)C3)nc3ccccc32)c1. The first-order chi connectivity index (χ1) is 16.9. The van der Waals surface area contributed by atoms with Crippen LogP contribution < -0.4 is 9.64 Å². The van der Waals surface area contributed by atoms with Gasteiger partial charge in [-0.05, 0) is 66.4 Å². The zero-order valence-corrected chi connectivity index (χ0v) is 21.1. The summed E-state index contributed by atoms with van der Waals surface area (Å²) in [7, 11) is 0. The van der Waals surface area contributed by atoms with E-state index in [4.69, 9.17) is 21.3 Å². The summed E-state index contributed by atoms with van der Waals surface area (Å²) in [5.41, 5.74) is 5.28. The number of aromatic nitrogens is 2. The van der Waals surface area contributed by atoms with Gasteiger partial charge in [0.25, 0.3) is 0 Å². The molecule has 1 unspecified atom stereocenters. The van der Waals surface area contributed by atoms with Gasteiger partial charge in [0.1, 0.15) is 18.2 Å².